The summed E-state index contributed by atoms with van der Waals surface area (Å²) in [7, 11) is 0. The van der Waals surface area contributed by atoms with Crippen molar-refractivity contribution < 1.29 is 9.47 Å². The van der Waals surface area contributed by atoms with E-state index >= 15 is 0 Å². The van der Waals surface area contributed by atoms with Crippen molar-refractivity contribution in [3.8, 4) is 0 Å². The van der Waals surface area contributed by atoms with E-state index in [9.17, 15) is 0 Å². The molecule has 0 spiro atoms. The van der Waals surface area contributed by atoms with Crippen LogP contribution in [0.25, 0.3) is 0 Å². The molecule has 3 heterocycles. The van der Waals surface area contributed by atoms with E-state index in [-0.39, 0.29) is 6.10 Å². The summed E-state index contributed by atoms with van der Waals surface area (Å²) in [6.45, 7) is 2.37. The van der Waals surface area contributed by atoms with Gasteiger partial charge >= 0.3 is 0 Å². The van der Waals surface area contributed by atoms with Gasteiger partial charge in [0.15, 0.2) is 0 Å². The van der Waals surface area contributed by atoms with E-state index in [1.165, 1.54) is 11.3 Å². The minimum atomic E-state index is 0.205. The standard InChI is InChI=1S/C10H14N2O2/c1-2-9(14-4-1)10-7-6-13-5-3-8(7)11-12-10/h9H,1-6H2,(H,11,12). The molecule has 0 amide bonds. The molecule has 0 bridgehead atoms. The number of ether oxygens (including phenoxy) is 2. The zero-order chi connectivity index (χ0) is 9.38. The second-order valence-electron chi connectivity index (χ2n) is 3.87. The van der Waals surface area contributed by atoms with E-state index < -0.39 is 0 Å². The second-order valence-corrected chi connectivity index (χ2v) is 3.87. The van der Waals surface area contributed by atoms with Gasteiger partial charge in [0.25, 0.3) is 0 Å². The van der Waals surface area contributed by atoms with E-state index in [0.29, 0.717) is 6.61 Å². The van der Waals surface area contributed by atoms with Crippen LogP contribution in [0.3, 0.4) is 0 Å². The van der Waals surface area contributed by atoms with Crippen LogP contribution in [-0.2, 0) is 22.5 Å². The third kappa shape index (κ3) is 1.26. The summed E-state index contributed by atoms with van der Waals surface area (Å²) in [6, 6.07) is 0. The maximum Gasteiger partial charge on any atom is 0.102 e. The summed E-state index contributed by atoms with van der Waals surface area (Å²) < 4.78 is 11.1. The number of fused-ring (bicyclic) bond motifs is 1. The van der Waals surface area contributed by atoms with Crippen LogP contribution in [0.2, 0.25) is 0 Å². The van der Waals surface area contributed by atoms with Gasteiger partial charge in [0.2, 0.25) is 0 Å². The maximum atomic E-state index is 5.63. The number of nitrogens with one attached hydrogen (secondary N) is 1. The lowest BCUT2D eigenvalue weighted by molar-refractivity contribution is 0.0931. The van der Waals surface area contributed by atoms with Crippen molar-refractivity contribution in [2.24, 2.45) is 0 Å². The van der Waals surface area contributed by atoms with E-state index in [1.807, 2.05) is 0 Å². The molecule has 3 rings (SSSR count). The molecule has 0 aliphatic carbocycles. The van der Waals surface area contributed by atoms with E-state index in [2.05, 4.69) is 10.2 Å². The van der Waals surface area contributed by atoms with Gasteiger partial charge in [-0.15, -0.1) is 0 Å². The monoisotopic (exact) mass is 194 g/mol. The summed E-state index contributed by atoms with van der Waals surface area (Å²) in [6.07, 6.45) is 3.40. The van der Waals surface area contributed by atoms with Crippen molar-refractivity contribution in [2.45, 2.75) is 32.0 Å². The molecule has 0 saturated carbocycles. The second kappa shape index (κ2) is 3.37. The van der Waals surface area contributed by atoms with Gasteiger partial charge < -0.3 is 9.47 Å². The Morgan fingerprint density at radius 1 is 1.36 bits per heavy atom. The van der Waals surface area contributed by atoms with Gasteiger partial charge in [-0.2, -0.15) is 5.10 Å². The number of hydrogen-bond donors (Lipinski definition) is 1. The summed E-state index contributed by atoms with van der Waals surface area (Å²) in [5, 5.41) is 7.44. The molecule has 14 heavy (non-hydrogen) atoms. The van der Waals surface area contributed by atoms with Crippen LogP contribution < -0.4 is 0 Å². The Hall–Kier alpha value is -0.870. The minimum absolute atomic E-state index is 0.205. The van der Waals surface area contributed by atoms with Gasteiger partial charge in [0.05, 0.1) is 18.9 Å². The van der Waals surface area contributed by atoms with Crippen LogP contribution in [0.1, 0.15) is 35.9 Å². The van der Waals surface area contributed by atoms with Crippen LogP contribution in [0.15, 0.2) is 0 Å². The highest BCUT2D eigenvalue weighted by molar-refractivity contribution is 5.28. The van der Waals surface area contributed by atoms with Crippen molar-refractivity contribution in [1.82, 2.24) is 10.2 Å². The Labute approximate surface area is 82.6 Å². The molecule has 4 nitrogen and oxygen atoms in total. The minimum Gasteiger partial charge on any atom is -0.376 e. The topological polar surface area (TPSA) is 47.1 Å². The Bertz CT molecular complexity index is 329. The predicted molar refractivity (Wildman–Crippen MR) is 49.9 cm³/mol. The fraction of sp³-hybridized carbons (Fsp3) is 0.700. The molecule has 1 fully saturated rings. The first-order valence-electron chi connectivity index (χ1n) is 5.20. The van der Waals surface area contributed by atoms with Crippen LogP contribution >= 0.6 is 0 Å². The van der Waals surface area contributed by atoms with Gasteiger partial charge in [-0.1, -0.05) is 0 Å². The van der Waals surface area contributed by atoms with E-state index in [4.69, 9.17) is 9.47 Å². The molecular formula is C10H14N2O2. The van der Waals surface area contributed by atoms with Gasteiger partial charge in [0.1, 0.15) is 6.10 Å². The van der Waals surface area contributed by atoms with E-state index in [0.717, 1.165) is 38.2 Å². The molecule has 0 radical (unpaired) electrons. The molecule has 4 heteroatoms. The van der Waals surface area contributed by atoms with Crippen LogP contribution in [0.4, 0.5) is 0 Å². The average molecular weight is 194 g/mol. The molecule has 1 aromatic heterocycles. The Balaban J connectivity index is 1.93. The Morgan fingerprint density at radius 3 is 3.21 bits per heavy atom. The SMILES string of the molecule is C1COC(c2n[nH]c3c2COCC3)C1. The first kappa shape index (κ1) is 8.44. The van der Waals surface area contributed by atoms with Gasteiger partial charge in [0, 0.05) is 24.3 Å². The lowest BCUT2D eigenvalue weighted by Gasteiger charge is -2.14. The Morgan fingerprint density at radius 2 is 2.36 bits per heavy atom. The van der Waals surface area contributed by atoms with Crippen molar-refractivity contribution in [1.29, 1.82) is 0 Å². The number of rotatable bonds is 1. The van der Waals surface area contributed by atoms with Crippen LogP contribution in [0, 0.1) is 0 Å². The van der Waals surface area contributed by atoms with Crippen LogP contribution in [-0.4, -0.2) is 23.4 Å². The fourth-order valence-electron chi connectivity index (χ4n) is 2.19. The number of nitrogens with zero attached hydrogens (tertiary/aromatic N) is 1. The molecule has 76 valence electrons. The van der Waals surface area contributed by atoms with E-state index in [1.54, 1.807) is 0 Å². The van der Waals surface area contributed by atoms with Gasteiger partial charge in [-0.05, 0) is 12.8 Å². The molecule has 1 unspecified atom stereocenters. The first-order valence-corrected chi connectivity index (χ1v) is 5.20. The van der Waals surface area contributed by atoms with Crippen molar-refractivity contribution in [2.75, 3.05) is 13.2 Å². The highest BCUT2D eigenvalue weighted by Crippen LogP contribution is 2.32. The summed E-state index contributed by atoms with van der Waals surface area (Å²) in [4.78, 5) is 0. The molecule has 1 atom stereocenters. The summed E-state index contributed by atoms with van der Waals surface area (Å²) >= 11 is 0. The summed E-state index contributed by atoms with van der Waals surface area (Å²) in [5.41, 5.74) is 3.56. The fourth-order valence-corrected chi connectivity index (χ4v) is 2.19. The first-order chi connectivity index (χ1) is 6.95. The third-order valence-corrected chi connectivity index (χ3v) is 2.96. The quantitative estimate of drug-likeness (QED) is 0.733. The number of H-pyrrole nitrogens is 1. The smallest absolute Gasteiger partial charge is 0.102 e. The molecule has 0 aromatic carbocycles. The number of aromatic nitrogens is 2. The molecule has 1 N–H and O–H groups in total. The Kier molecular flexibility index (Phi) is 2.03. The molecule has 2 aliphatic heterocycles. The predicted octanol–water partition coefficient (Wildman–Crippen LogP) is 1.33. The molecule has 2 aliphatic rings. The zero-order valence-corrected chi connectivity index (χ0v) is 8.08. The lowest BCUT2D eigenvalue weighted by atomic mass is 10.0. The van der Waals surface area contributed by atoms with Crippen molar-refractivity contribution in [3.63, 3.8) is 0 Å². The highest BCUT2D eigenvalue weighted by Gasteiger charge is 2.26. The van der Waals surface area contributed by atoms with Crippen LogP contribution in [0.5, 0.6) is 0 Å². The largest absolute Gasteiger partial charge is 0.376 e. The van der Waals surface area contributed by atoms with Gasteiger partial charge in [-0.25, -0.2) is 0 Å². The average Bonchev–Trinajstić information content (AvgIpc) is 2.85. The maximum absolute atomic E-state index is 5.63. The normalized spacial score (nSPS) is 26.4. The molecule has 1 saturated heterocycles. The van der Waals surface area contributed by atoms with Crippen molar-refractivity contribution >= 4 is 0 Å². The third-order valence-electron chi connectivity index (χ3n) is 2.96. The summed E-state index contributed by atoms with van der Waals surface area (Å²) in [5.74, 6) is 0. The van der Waals surface area contributed by atoms with Crippen molar-refractivity contribution in [3.05, 3.63) is 17.0 Å². The number of hydrogen-bond acceptors (Lipinski definition) is 3. The zero-order valence-electron chi connectivity index (χ0n) is 8.08. The molecule has 1 aromatic rings. The van der Waals surface area contributed by atoms with Gasteiger partial charge in [-0.3, -0.25) is 5.10 Å². The highest BCUT2D eigenvalue weighted by atomic mass is 16.5. The lowest BCUT2D eigenvalue weighted by Crippen LogP contribution is -2.11. The number of aromatic amines is 1. The molecular weight excluding hydrogens is 180 g/mol.